The quantitative estimate of drug-likeness (QED) is 0.493. The van der Waals surface area contributed by atoms with E-state index in [9.17, 15) is 14.7 Å². The molecule has 0 aliphatic rings. The minimum Gasteiger partial charge on any atom is -0.481 e. The molecule has 0 bridgehead atoms. The molecular weight excluding hydrogens is 330 g/mol. The van der Waals surface area contributed by atoms with Crippen LogP contribution in [0.4, 0.5) is 0 Å². The van der Waals surface area contributed by atoms with Crippen LogP contribution in [-0.4, -0.2) is 28.6 Å². The van der Waals surface area contributed by atoms with Gasteiger partial charge in [-0.1, -0.05) is 60.7 Å². The molecule has 1 amide bonds. The van der Waals surface area contributed by atoms with Crippen molar-refractivity contribution in [2.45, 2.75) is 38.8 Å². The number of carboxylic acids is 1. The number of carbonyl (C=O) groups is 2. The molecule has 26 heavy (non-hydrogen) atoms. The average Bonchev–Trinajstić information content (AvgIpc) is 2.67. The SMILES string of the molecule is C[C@H]([C@@H](CCCc1ccccc1)C(=O)O)N(C=O)OCc1ccccc1. The van der Waals surface area contributed by atoms with Crippen LogP contribution in [0.5, 0.6) is 0 Å². The minimum atomic E-state index is -0.916. The van der Waals surface area contributed by atoms with Crippen molar-refractivity contribution < 1.29 is 19.5 Å². The van der Waals surface area contributed by atoms with Crippen LogP contribution >= 0.6 is 0 Å². The number of aliphatic carboxylic acids is 1. The number of carbonyl (C=O) groups excluding carboxylic acids is 1. The first-order chi connectivity index (χ1) is 12.6. The van der Waals surface area contributed by atoms with E-state index < -0.39 is 17.9 Å². The molecule has 138 valence electrons. The second-order valence-electron chi connectivity index (χ2n) is 6.29. The van der Waals surface area contributed by atoms with E-state index in [0.717, 1.165) is 23.5 Å². The Morgan fingerprint density at radius 2 is 1.65 bits per heavy atom. The van der Waals surface area contributed by atoms with Crippen molar-refractivity contribution in [2.24, 2.45) is 5.92 Å². The first-order valence-corrected chi connectivity index (χ1v) is 8.79. The third-order valence-electron chi connectivity index (χ3n) is 4.45. The van der Waals surface area contributed by atoms with Crippen LogP contribution in [0.25, 0.3) is 0 Å². The third-order valence-corrected chi connectivity index (χ3v) is 4.45. The Kier molecular flexibility index (Phi) is 7.83. The molecule has 2 aromatic carbocycles. The van der Waals surface area contributed by atoms with Crippen LogP contribution in [0.15, 0.2) is 60.7 Å². The standard InChI is InChI=1S/C21H25NO4/c1-17(22(16-23)26-15-19-11-6-3-7-12-19)20(21(24)25)14-8-13-18-9-4-2-5-10-18/h2-7,9-12,16-17,20H,8,13-15H2,1H3,(H,24,25)/t17-,20-/m1/s1. The molecule has 0 saturated carbocycles. The number of nitrogens with zero attached hydrogens (tertiary/aromatic N) is 1. The van der Waals surface area contributed by atoms with Crippen molar-refractivity contribution >= 4 is 12.4 Å². The van der Waals surface area contributed by atoms with Crippen molar-refractivity contribution in [3.05, 3.63) is 71.8 Å². The summed E-state index contributed by atoms with van der Waals surface area (Å²) in [5, 5.41) is 10.7. The summed E-state index contributed by atoms with van der Waals surface area (Å²) in [7, 11) is 0. The van der Waals surface area contributed by atoms with Crippen molar-refractivity contribution in [1.29, 1.82) is 0 Å². The van der Waals surface area contributed by atoms with E-state index in [4.69, 9.17) is 4.84 Å². The largest absolute Gasteiger partial charge is 0.481 e. The molecule has 0 aromatic heterocycles. The average molecular weight is 355 g/mol. The lowest BCUT2D eigenvalue weighted by molar-refractivity contribution is -0.199. The molecule has 2 rings (SSSR count). The minimum absolute atomic E-state index is 0.222. The summed E-state index contributed by atoms with van der Waals surface area (Å²) in [4.78, 5) is 28.6. The van der Waals surface area contributed by atoms with Gasteiger partial charge in [0.15, 0.2) is 0 Å². The summed E-state index contributed by atoms with van der Waals surface area (Å²) in [6, 6.07) is 18.9. The normalized spacial score (nSPS) is 13.0. The van der Waals surface area contributed by atoms with Crippen molar-refractivity contribution in [3.63, 3.8) is 0 Å². The third kappa shape index (κ3) is 6.01. The summed E-state index contributed by atoms with van der Waals surface area (Å²) in [6.45, 7) is 1.93. The van der Waals surface area contributed by atoms with E-state index in [1.54, 1.807) is 6.92 Å². The smallest absolute Gasteiger partial charge is 0.308 e. The van der Waals surface area contributed by atoms with Crippen LogP contribution in [-0.2, 0) is 27.5 Å². The summed E-state index contributed by atoms with van der Waals surface area (Å²) in [6.07, 6.45) is 2.57. The summed E-state index contributed by atoms with van der Waals surface area (Å²) in [5.74, 6) is -1.60. The van der Waals surface area contributed by atoms with Gasteiger partial charge in [0.05, 0.1) is 12.0 Å². The highest BCUT2D eigenvalue weighted by Crippen LogP contribution is 2.19. The Morgan fingerprint density at radius 3 is 2.19 bits per heavy atom. The molecule has 5 heteroatoms. The van der Waals surface area contributed by atoms with Gasteiger partial charge >= 0.3 is 5.97 Å². The highest BCUT2D eigenvalue weighted by atomic mass is 16.7. The first-order valence-electron chi connectivity index (χ1n) is 8.79. The van der Waals surface area contributed by atoms with Gasteiger partial charge in [0, 0.05) is 0 Å². The molecule has 1 N–H and O–H groups in total. The molecule has 0 saturated heterocycles. The molecule has 2 atom stereocenters. The van der Waals surface area contributed by atoms with Crippen LogP contribution in [0.3, 0.4) is 0 Å². The van der Waals surface area contributed by atoms with Gasteiger partial charge in [-0.2, -0.15) is 0 Å². The number of amides is 1. The number of carboxylic acid groups (broad SMARTS) is 1. The topological polar surface area (TPSA) is 66.8 Å². The summed E-state index contributed by atoms with van der Waals surface area (Å²) < 4.78 is 0. The number of rotatable bonds is 11. The van der Waals surface area contributed by atoms with Crippen molar-refractivity contribution in [1.82, 2.24) is 5.06 Å². The maximum atomic E-state index is 11.7. The Labute approximate surface area is 154 Å². The van der Waals surface area contributed by atoms with E-state index >= 15 is 0 Å². The monoisotopic (exact) mass is 355 g/mol. The van der Waals surface area contributed by atoms with E-state index in [-0.39, 0.29) is 6.61 Å². The molecule has 0 aliphatic heterocycles. The Bertz CT molecular complexity index is 675. The highest BCUT2D eigenvalue weighted by Gasteiger charge is 2.29. The summed E-state index contributed by atoms with van der Waals surface area (Å²) >= 11 is 0. The fourth-order valence-corrected chi connectivity index (χ4v) is 2.89. The van der Waals surface area contributed by atoms with Gasteiger partial charge < -0.3 is 5.11 Å². The lowest BCUT2D eigenvalue weighted by Gasteiger charge is -2.28. The molecule has 0 spiro atoms. The number of hydroxylamine groups is 2. The molecule has 0 unspecified atom stereocenters. The van der Waals surface area contributed by atoms with Crippen molar-refractivity contribution in [2.75, 3.05) is 0 Å². The fourth-order valence-electron chi connectivity index (χ4n) is 2.89. The lowest BCUT2D eigenvalue weighted by Crippen LogP contribution is -2.41. The molecule has 5 nitrogen and oxygen atoms in total. The van der Waals surface area contributed by atoms with E-state index in [1.165, 1.54) is 5.56 Å². The van der Waals surface area contributed by atoms with Crippen LogP contribution in [0.2, 0.25) is 0 Å². The number of aryl methyl sites for hydroxylation is 1. The molecule has 2 aromatic rings. The van der Waals surface area contributed by atoms with Crippen LogP contribution in [0.1, 0.15) is 30.9 Å². The molecule has 0 aliphatic carbocycles. The second-order valence-corrected chi connectivity index (χ2v) is 6.29. The predicted octanol–water partition coefficient (Wildman–Crippen LogP) is 3.69. The molecule has 0 heterocycles. The Hall–Kier alpha value is -2.66. The van der Waals surface area contributed by atoms with Crippen LogP contribution in [0, 0.1) is 5.92 Å². The maximum absolute atomic E-state index is 11.7. The fraction of sp³-hybridized carbons (Fsp3) is 0.333. The van der Waals surface area contributed by atoms with Gasteiger partial charge in [-0.3, -0.25) is 14.4 Å². The summed E-state index contributed by atoms with van der Waals surface area (Å²) in [5.41, 5.74) is 2.10. The highest BCUT2D eigenvalue weighted by molar-refractivity contribution is 5.71. The maximum Gasteiger partial charge on any atom is 0.308 e. The van der Waals surface area contributed by atoms with E-state index in [1.807, 2.05) is 60.7 Å². The zero-order chi connectivity index (χ0) is 18.8. The molecule has 0 fully saturated rings. The Balaban J connectivity index is 1.90. The second kappa shape index (κ2) is 10.4. The van der Waals surface area contributed by atoms with Gasteiger partial charge in [0.2, 0.25) is 6.41 Å². The van der Waals surface area contributed by atoms with E-state index in [2.05, 4.69) is 0 Å². The number of hydrogen-bond acceptors (Lipinski definition) is 3. The molecular formula is C21H25NO4. The zero-order valence-corrected chi connectivity index (χ0v) is 15.0. The van der Waals surface area contributed by atoms with Gasteiger partial charge in [-0.05, 0) is 37.3 Å². The van der Waals surface area contributed by atoms with Gasteiger partial charge in [0.25, 0.3) is 0 Å². The first kappa shape index (κ1) is 19.7. The molecule has 0 radical (unpaired) electrons. The van der Waals surface area contributed by atoms with E-state index in [0.29, 0.717) is 12.8 Å². The number of hydrogen-bond donors (Lipinski definition) is 1. The lowest BCUT2D eigenvalue weighted by atomic mass is 9.93. The van der Waals surface area contributed by atoms with Gasteiger partial charge in [0.1, 0.15) is 6.61 Å². The number of benzene rings is 2. The van der Waals surface area contributed by atoms with Gasteiger partial charge in [-0.25, -0.2) is 5.06 Å². The van der Waals surface area contributed by atoms with Gasteiger partial charge in [-0.15, -0.1) is 0 Å². The Morgan fingerprint density at radius 1 is 1.08 bits per heavy atom. The zero-order valence-electron chi connectivity index (χ0n) is 15.0. The predicted molar refractivity (Wildman–Crippen MR) is 99.1 cm³/mol. The van der Waals surface area contributed by atoms with Crippen LogP contribution < -0.4 is 0 Å². The van der Waals surface area contributed by atoms with Crippen molar-refractivity contribution in [3.8, 4) is 0 Å².